The minimum Gasteiger partial charge on any atom is -0.495 e. The van der Waals surface area contributed by atoms with Crippen molar-refractivity contribution in [2.75, 3.05) is 18.4 Å². The molecule has 0 saturated carbocycles. The first kappa shape index (κ1) is 24.5. The van der Waals surface area contributed by atoms with Crippen LogP contribution < -0.4 is 14.2 Å². The van der Waals surface area contributed by atoms with Crippen molar-refractivity contribution in [1.82, 2.24) is 9.97 Å². The number of carbonyl (C=O) groups is 1. The largest absolute Gasteiger partial charge is 0.495 e. The summed E-state index contributed by atoms with van der Waals surface area (Å²) in [6.45, 7) is 2.28. The Balaban J connectivity index is 1.71. The van der Waals surface area contributed by atoms with Gasteiger partial charge in [0.1, 0.15) is 16.4 Å². The summed E-state index contributed by atoms with van der Waals surface area (Å²) < 4.78 is 40.2. The molecule has 2 aromatic heterocycles. The first-order valence-corrected chi connectivity index (χ1v) is 12.2. The van der Waals surface area contributed by atoms with Crippen molar-refractivity contribution in [3.8, 4) is 23.3 Å². The molecular formula is C26H21N3O6S. The molecule has 2 N–H and O–H groups in total. The molecular weight excluding hydrogens is 482 g/mol. The molecule has 0 aliphatic carbocycles. The number of hydrogen-bond donors (Lipinski definition) is 2. The highest BCUT2D eigenvalue weighted by Crippen LogP contribution is 2.31. The highest BCUT2D eigenvalue weighted by molar-refractivity contribution is 7.93. The maximum atomic E-state index is 13.4. The van der Waals surface area contributed by atoms with Gasteiger partial charge in [-0.25, -0.2) is 18.2 Å². The van der Waals surface area contributed by atoms with Gasteiger partial charge in [0.25, 0.3) is 10.0 Å². The van der Waals surface area contributed by atoms with E-state index in [2.05, 4.69) is 26.5 Å². The Kier molecular flexibility index (Phi) is 7.03. The monoisotopic (exact) mass is 503 g/mol. The summed E-state index contributed by atoms with van der Waals surface area (Å²) in [7, 11) is -2.65. The Morgan fingerprint density at radius 1 is 1.03 bits per heavy atom. The van der Waals surface area contributed by atoms with Gasteiger partial charge in [-0.1, -0.05) is 24.0 Å². The molecule has 0 bridgehead atoms. The second-order valence-electron chi connectivity index (χ2n) is 7.37. The summed E-state index contributed by atoms with van der Waals surface area (Å²) in [4.78, 5) is 19.3. The summed E-state index contributed by atoms with van der Waals surface area (Å²) in [5, 5.41) is 9.70. The molecule has 2 heterocycles. The number of pyridine rings is 2. The number of aromatic carboxylic acids is 1. The van der Waals surface area contributed by atoms with Gasteiger partial charge >= 0.3 is 5.97 Å². The van der Waals surface area contributed by atoms with Crippen LogP contribution in [0.3, 0.4) is 0 Å². The van der Waals surface area contributed by atoms with E-state index < -0.39 is 16.0 Å². The van der Waals surface area contributed by atoms with Gasteiger partial charge in [-0.3, -0.25) is 9.71 Å². The lowest BCUT2D eigenvalue weighted by Crippen LogP contribution is -2.15. The van der Waals surface area contributed by atoms with E-state index in [1.165, 1.54) is 31.6 Å². The summed E-state index contributed by atoms with van der Waals surface area (Å²) >= 11 is 0. The number of carboxylic acids is 1. The molecule has 0 aliphatic rings. The van der Waals surface area contributed by atoms with Crippen molar-refractivity contribution in [2.24, 2.45) is 0 Å². The SMILES string of the molecule is CCOc1ccc(S(=O)(=O)Nc2ccccc2C#Cc2cnc(C(=O)O)cc2OC)c2ncccc12. The van der Waals surface area contributed by atoms with E-state index in [0.717, 1.165) is 0 Å². The third-order valence-corrected chi connectivity index (χ3v) is 6.49. The summed E-state index contributed by atoms with van der Waals surface area (Å²) in [6.07, 6.45) is 2.81. The maximum Gasteiger partial charge on any atom is 0.354 e. The maximum absolute atomic E-state index is 13.4. The van der Waals surface area contributed by atoms with Gasteiger partial charge in [0.05, 0.1) is 30.5 Å². The normalized spacial score (nSPS) is 10.8. The van der Waals surface area contributed by atoms with E-state index in [0.29, 0.717) is 28.9 Å². The van der Waals surface area contributed by atoms with Crippen molar-refractivity contribution in [3.63, 3.8) is 0 Å². The van der Waals surface area contributed by atoms with Crippen molar-refractivity contribution >= 4 is 32.6 Å². The third-order valence-electron chi connectivity index (χ3n) is 5.09. The summed E-state index contributed by atoms with van der Waals surface area (Å²) in [5.74, 6) is 5.37. The van der Waals surface area contributed by atoms with Crippen LogP contribution in [0.5, 0.6) is 11.5 Å². The lowest BCUT2D eigenvalue weighted by molar-refractivity contribution is 0.0690. The van der Waals surface area contributed by atoms with E-state index >= 15 is 0 Å². The molecule has 10 heteroatoms. The summed E-state index contributed by atoms with van der Waals surface area (Å²) in [6, 6.07) is 14.4. The minimum absolute atomic E-state index is 0.000515. The number of fused-ring (bicyclic) bond motifs is 1. The molecule has 4 aromatic rings. The molecule has 4 rings (SSSR count). The van der Waals surface area contributed by atoms with E-state index in [9.17, 15) is 13.2 Å². The van der Waals surface area contributed by atoms with Gasteiger partial charge in [0.15, 0.2) is 5.69 Å². The number of para-hydroxylation sites is 1. The number of ether oxygens (including phenoxy) is 2. The highest BCUT2D eigenvalue weighted by Gasteiger charge is 2.21. The van der Waals surface area contributed by atoms with Gasteiger partial charge in [-0.2, -0.15) is 0 Å². The fraction of sp³-hybridized carbons (Fsp3) is 0.115. The smallest absolute Gasteiger partial charge is 0.354 e. The lowest BCUT2D eigenvalue weighted by atomic mass is 10.1. The number of sulfonamides is 1. The van der Waals surface area contributed by atoms with Gasteiger partial charge in [0.2, 0.25) is 0 Å². The molecule has 0 aliphatic heterocycles. The van der Waals surface area contributed by atoms with Gasteiger partial charge in [-0.05, 0) is 43.3 Å². The predicted octanol–water partition coefficient (Wildman–Crippen LogP) is 3.94. The van der Waals surface area contributed by atoms with Crippen LogP contribution in [0.4, 0.5) is 5.69 Å². The van der Waals surface area contributed by atoms with E-state index in [-0.39, 0.29) is 27.5 Å². The second-order valence-corrected chi connectivity index (χ2v) is 9.02. The number of nitrogens with one attached hydrogen (secondary N) is 1. The van der Waals surface area contributed by atoms with Crippen LogP contribution in [0.15, 0.2) is 71.9 Å². The van der Waals surface area contributed by atoms with Crippen LogP contribution in [-0.4, -0.2) is 43.2 Å². The minimum atomic E-state index is -4.04. The number of benzene rings is 2. The number of methoxy groups -OCH3 is 1. The second kappa shape index (κ2) is 10.3. The Bertz CT molecular complexity index is 1620. The topological polar surface area (TPSA) is 128 Å². The summed E-state index contributed by atoms with van der Waals surface area (Å²) in [5.41, 5.74) is 1.11. The predicted molar refractivity (Wildman–Crippen MR) is 134 cm³/mol. The highest BCUT2D eigenvalue weighted by atomic mass is 32.2. The first-order chi connectivity index (χ1) is 17.3. The van der Waals surface area contributed by atoms with Crippen LogP contribution in [-0.2, 0) is 10.0 Å². The quantitative estimate of drug-likeness (QED) is 0.363. The number of carboxylic acid groups (broad SMARTS) is 1. The number of anilines is 1. The van der Waals surface area contributed by atoms with Crippen LogP contribution in [0.2, 0.25) is 0 Å². The van der Waals surface area contributed by atoms with Gasteiger partial charge in [0, 0.05) is 29.4 Å². The van der Waals surface area contributed by atoms with Crippen LogP contribution >= 0.6 is 0 Å². The standard InChI is InChI=1S/C26H21N3O6S/c1-3-35-22-12-13-24(25-19(22)8-6-14-27-25)36(32,33)29-20-9-5-4-7-17(20)10-11-18-16-28-21(26(30)31)15-23(18)34-2/h4-9,12-16,29H,3H2,1-2H3,(H,30,31). The fourth-order valence-electron chi connectivity index (χ4n) is 3.45. The molecule has 36 heavy (non-hydrogen) atoms. The van der Waals surface area contributed by atoms with E-state index in [1.54, 1.807) is 42.5 Å². The Hall–Kier alpha value is -4.62. The zero-order valence-electron chi connectivity index (χ0n) is 19.3. The molecule has 0 atom stereocenters. The Morgan fingerprint density at radius 2 is 1.81 bits per heavy atom. The molecule has 0 amide bonds. The molecule has 0 fully saturated rings. The Labute approximate surface area is 207 Å². The molecule has 9 nitrogen and oxygen atoms in total. The van der Waals surface area contributed by atoms with E-state index in [1.807, 2.05) is 6.92 Å². The van der Waals surface area contributed by atoms with Gasteiger partial charge in [-0.15, -0.1) is 0 Å². The van der Waals surface area contributed by atoms with Crippen molar-refractivity contribution in [1.29, 1.82) is 0 Å². The molecule has 0 saturated heterocycles. The van der Waals surface area contributed by atoms with E-state index in [4.69, 9.17) is 14.6 Å². The molecule has 182 valence electrons. The zero-order chi connectivity index (χ0) is 25.7. The van der Waals surface area contributed by atoms with Crippen LogP contribution in [0.25, 0.3) is 10.9 Å². The number of hydrogen-bond acceptors (Lipinski definition) is 7. The zero-order valence-corrected chi connectivity index (χ0v) is 20.2. The number of rotatable bonds is 7. The van der Waals surface area contributed by atoms with Crippen LogP contribution in [0.1, 0.15) is 28.5 Å². The fourth-order valence-corrected chi connectivity index (χ4v) is 4.69. The number of aromatic nitrogens is 2. The third kappa shape index (κ3) is 5.06. The van der Waals surface area contributed by atoms with Crippen molar-refractivity contribution in [3.05, 3.63) is 83.8 Å². The first-order valence-electron chi connectivity index (χ1n) is 10.8. The average molecular weight is 504 g/mol. The van der Waals surface area contributed by atoms with Crippen molar-refractivity contribution in [2.45, 2.75) is 11.8 Å². The molecule has 0 unspecified atom stereocenters. The van der Waals surface area contributed by atoms with Gasteiger partial charge < -0.3 is 14.6 Å². The Morgan fingerprint density at radius 3 is 2.56 bits per heavy atom. The lowest BCUT2D eigenvalue weighted by Gasteiger charge is -2.13. The molecule has 0 spiro atoms. The molecule has 2 aromatic carbocycles. The molecule has 0 radical (unpaired) electrons. The number of nitrogens with zero attached hydrogens (tertiary/aromatic N) is 2. The van der Waals surface area contributed by atoms with Crippen LogP contribution in [0, 0.1) is 11.8 Å². The average Bonchev–Trinajstić information content (AvgIpc) is 2.88. The van der Waals surface area contributed by atoms with Crippen molar-refractivity contribution < 1.29 is 27.8 Å².